The zero-order valence-corrected chi connectivity index (χ0v) is 24.7. The van der Waals surface area contributed by atoms with Crippen LogP contribution in [0.2, 0.25) is 0 Å². The summed E-state index contributed by atoms with van der Waals surface area (Å²) >= 11 is 0. The molecule has 4 nitrogen and oxygen atoms in total. The molecule has 0 aromatic carbocycles. The maximum Gasteiger partial charge on any atom is 0.187 e. The summed E-state index contributed by atoms with van der Waals surface area (Å²) in [5.41, 5.74) is 0. The lowest BCUT2D eigenvalue weighted by Crippen LogP contribution is -2.19. The van der Waals surface area contributed by atoms with Gasteiger partial charge in [0.05, 0.1) is 6.26 Å². The Hall–Kier alpha value is -0.580. The second-order valence-corrected chi connectivity index (χ2v) is 10.4. The topological polar surface area (TPSA) is 36.9 Å². The third kappa shape index (κ3) is 29.6. The van der Waals surface area contributed by atoms with E-state index in [2.05, 4.69) is 19.9 Å². The van der Waals surface area contributed by atoms with Gasteiger partial charge in [-0.25, -0.2) is 0 Å². The number of hydrogen-bond donors (Lipinski definition) is 0. The lowest BCUT2D eigenvalue weighted by Gasteiger charge is -2.19. The van der Waals surface area contributed by atoms with Crippen LogP contribution < -0.4 is 0 Å². The van der Waals surface area contributed by atoms with E-state index in [-0.39, 0.29) is 6.29 Å². The Balaban J connectivity index is 3.52. The minimum absolute atomic E-state index is 0.0274. The fourth-order valence-corrected chi connectivity index (χ4v) is 4.46. The predicted octanol–water partition coefficient (Wildman–Crippen LogP) is 10.5. The van der Waals surface area contributed by atoms with Gasteiger partial charge in [0.25, 0.3) is 0 Å². The van der Waals surface area contributed by atoms with E-state index in [9.17, 15) is 0 Å². The van der Waals surface area contributed by atoms with Crippen LogP contribution in [-0.2, 0) is 18.9 Å². The van der Waals surface area contributed by atoms with Crippen LogP contribution in [-0.4, -0.2) is 33.4 Å². The largest absolute Gasteiger partial charge is 0.476 e. The van der Waals surface area contributed by atoms with Gasteiger partial charge >= 0.3 is 0 Å². The molecule has 0 aliphatic rings. The summed E-state index contributed by atoms with van der Waals surface area (Å²) in [5.74, 6) is 0. The number of hydrogen-bond acceptors (Lipinski definition) is 4. The van der Waals surface area contributed by atoms with Gasteiger partial charge in [0.1, 0.15) is 0 Å². The van der Waals surface area contributed by atoms with Gasteiger partial charge in [-0.2, -0.15) is 0 Å². The Morgan fingerprint density at radius 1 is 0.528 bits per heavy atom. The molecule has 0 aromatic heterocycles. The molecule has 0 amide bonds. The normalized spacial score (nSPS) is 11.8. The molecule has 0 aliphatic heterocycles. The van der Waals surface area contributed by atoms with Crippen molar-refractivity contribution in [2.24, 2.45) is 0 Å². The number of methoxy groups -OCH3 is 1. The molecule has 0 bridgehead atoms. The second kappa shape index (κ2) is 32.4. The van der Waals surface area contributed by atoms with Gasteiger partial charge in [-0.1, -0.05) is 123 Å². The molecule has 0 fully saturated rings. The number of ether oxygens (including phenoxy) is 4. The molecule has 0 aromatic rings. The van der Waals surface area contributed by atoms with Crippen LogP contribution in [0.1, 0.15) is 162 Å². The van der Waals surface area contributed by atoms with Gasteiger partial charge in [0, 0.05) is 20.3 Å². The molecule has 0 radical (unpaired) electrons. The molecular weight excluding hydrogens is 448 g/mol. The molecule has 36 heavy (non-hydrogen) atoms. The van der Waals surface area contributed by atoms with Crippen LogP contribution in [0.15, 0.2) is 12.3 Å². The Labute approximate surface area is 226 Å². The summed E-state index contributed by atoms with van der Waals surface area (Å²) < 4.78 is 22.2. The first-order chi connectivity index (χ1) is 17.8. The molecule has 0 saturated carbocycles. The lowest BCUT2D eigenvalue weighted by atomic mass is 10.0. The van der Waals surface area contributed by atoms with Crippen LogP contribution in [0.5, 0.6) is 0 Å². The van der Waals surface area contributed by atoms with E-state index in [4.69, 9.17) is 18.9 Å². The molecular formula is C32H64O4. The third-order valence-electron chi connectivity index (χ3n) is 6.79. The van der Waals surface area contributed by atoms with E-state index in [1.165, 1.54) is 135 Å². The minimum atomic E-state index is 0.0274. The summed E-state index contributed by atoms with van der Waals surface area (Å²) in [6.45, 7) is 6.59. The van der Waals surface area contributed by atoms with Crippen molar-refractivity contribution in [1.82, 2.24) is 0 Å². The first-order valence-electron chi connectivity index (χ1n) is 15.8. The second-order valence-electron chi connectivity index (χ2n) is 10.4. The predicted molar refractivity (Wildman–Crippen MR) is 155 cm³/mol. The fraction of sp³-hybridized carbons (Fsp3) is 0.938. The molecule has 0 saturated heterocycles. The third-order valence-corrected chi connectivity index (χ3v) is 6.79. The smallest absolute Gasteiger partial charge is 0.187 e. The van der Waals surface area contributed by atoms with E-state index in [0.29, 0.717) is 6.79 Å². The summed E-state index contributed by atoms with van der Waals surface area (Å²) in [6.07, 6.45) is 33.9. The summed E-state index contributed by atoms with van der Waals surface area (Å²) in [6, 6.07) is 0. The van der Waals surface area contributed by atoms with Gasteiger partial charge in [0.2, 0.25) is 0 Å². The van der Waals surface area contributed by atoms with Gasteiger partial charge < -0.3 is 18.9 Å². The minimum Gasteiger partial charge on any atom is -0.476 e. The van der Waals surface area contributed by atoms with Crippen molar-refractivity contribution in [2.45, 2.75) is 168 Å². The van der Waals surface area contributed by atoms with Crippen LogP contribution in [0, 0.1) is 0 Å². The highest BCUT2D eigenvalue weighted by molar-refractivity contribution is 4.72. The van der Waals surface area contributed by atoms with Crippen molar-refractivity contribution in [3.63, 3.8) is 0 Å². The Morgan fingerprint density at radius 2 is 0.972 bits per heavy atom. The zero-order valence-electron chi connectivity index (χ0n) is 24.7. The lowest BCUT2D eigenvalue weighted by molar-refractivity contribution is -0.148. The van der Waals surface area contributed by atoms with E-state index in [0.717, 1.165) is 26.1 Å². The highest BCUT2D eigenvalue weighted by atomic mass is 16.7. The van der Waals surface area contributed by atoms with E-state index in [1.807, 2.05) is 0 Å². The summed E-state index contributed by atoms with van der Waals surface area (Å²) in [4.78, 5) is 0. The Morgan fingerprint density at radius 3 is 1.44 bits per heavy atom. The SMILES string of the molecule is CCCCCCOC(CCCCCCCCCCCCCCCC=COCOC)OCCCCCC. The molecule has 0 rings (SSSR count). The summed E-state index contributed by atoms with van der Waals surface area (Å²) in [5, 5.41) is 0. The monoisotopic (exact) mass is 512 g/mol. The van der Waals surface area contributed by atoms with Crippen molar-refractivity contribution in [3.05, 3.63) is 12.3 Å². The van der Waals surface area contributed by atoms with Crippen LogP contribution in [0.4, 0.5) is 0 Å². The highest BCUT2D eigenvalue weighted by Gasteiger charge is 2.09. The van der Waals surface area contributed by atoms with E-state index in [1.54, 1.807) is 13.4 Å². The van der Waals surface area contributed by atoms with Crippen LogP contribution in [0.25, 0.3) is 0 Å². The molecule has 0 atom stereocenters. The highest BCUT2D eigenvalue weighted by Crippen LogP contribution is 2.15. The molecule has 4 heteroatoms. The average molecular weight is 513 g/mol. The van der Waals surface area contributed by atoms with Crippen LogP contribution >= 0.6 is 0 Å². The number of rotatable bonds is 31. The number of unbranched alkanes of at least 4 members (excludes halogenated alkanes) is 19. The van der Waals surface area contributed by atoms with Crippen molar-refractivity contribution in [1.29, 1.82) is 0 Å². The molecule has 0 heterocycles. The number of allylic oxidation sites excluding steroid dienone is 1. The maximum atomic E-state index is 6.10. The molecule has 216 valence electrons. The summed E-state index contributed by atoms with van der Waals surface area (Å²) in [7, 11) is 1.64. The quantitative estimate of drug-likeness (QED) is 0.0526. The van der Waals surface area contributed by atoms with Crippen molar-refractivity contribution in [3.8, 4) is 0 Å². The van der Waals surface area contributed by atoms with Crippen molar-refractivity contribution >= 4 is 0 Å². The average Bonchev–Trinajstić information content (AvgIpc) is 2.89. The first-order valence-corrected chi connectivity index (χ1v) is 15.8. The molecule has 0 aliphatic carbocycles. The van der Waals surface area contributed by atoms with Crippen molar-refractivity contribution < 1.29 is 18.9 Å². The molecule has 0 unspecified atom stereocenters. The Kier molecular flexibility index (Phi) is 31.9. The fourth-order valence-electron chi connectivity index (χ4n) is 4.46. The Bertz CT molecular complexity index is 399. The molecule has 0 N–H and O–H groups in total. The van der Waals surface area contributed by atoms with Gasteiger partial charge in [-0.15, -0.1) is 0 Å². The van der Waals surface area contributed by atoms with E-state index < -0.39 is 0 Å². The van der Waals surface area contributed by atoms with Gasteiger partial charge in [-0.3, -0.25) is 0 Å². The van der Waals surface area contributed by atoms with Gasteiger partial charge in [0.15, 0.2) is 13.1 Å². The van der Waals surface area contributed by atoms with Gasteiger partial charge in [-0.05, 0) is 44.6 Å². The van der Waals surface area contributed by atoms with Crippen molar-refractivity contribution in [2.75, 3.05) is 27.1 Å². The van der Waals surface area contributed by atoms with Crippen LogP contribution in [0.3, 0.4) is 0 Å². The van der Waals surface area contributed by atoms with E-state index >= 15 is 0 Å². The first kappa shape index (κ1) is 35.4. The standard InChI is InChI=1S/C32H64O4/c1-4-6-8-25-29-35-32(36-30-26-9-7-5-2)27-23-21-19-17-15-13-11-10-12-14-16-18-20-22-24-28-34-31-33-3/h24,28,32H,4-23,25-27,29-31H2,1-3H3. The zero-order chi connectivity index (χ0) is 26.2. The molecule has 0 spiro atoms. The maximum absolute atomic E-state index is 6.10.